The fraction of sp³-hybridized carbons (Fsp3) is 0.529. The lowest BCUT2D eigenvalue weighted by Gasteiger charge is -2.31. The van der Waals surface area contributed by atoms with E-state index in [-0.39, 0.29) is 18.2 Å². The van der Waals surface area contributed by atoms with E-state index in [2.05, 4.69) is 10.6 Å². The molecule has 1 heterocycles. The first-order chi connectivity index (χ1) is 11.0. The summed E-state index contributed by atoms with van der Waals surface area (Å²) in [6.07, 6.45) is 1.20. The molecule has 0 radical (unpaired) electrons. The molecule has 1 aliphatic rings. The first-order valence-electron chi connectivity index (χ1n) is 8.06. The molecular weight excluding hydrogens is 294 g/mol. The number of benzene rings is 1. The van der Waals surface area contributed by atoms with Gasteiger partial charge in [0.15, 0.2) is 0 Å². The Bertz CT molecular complexity index is 566. The topological polar surface area (TPSA) is 70.7 Å². The number of nitrogens with zero attached hydrogens (tertiary/aromatic N) is 1. The normalized spacial score (nSPS) is 15.2. The predicted octanol–water partition coefficient (Wildman–Crippen LogP) is 3.05. The standard InChI is InChI=1S/C17H25N3O3/c1-4-23-17(22)20-9-7-14(8-10-20)18-16(21)19-15-11-12(2)5-6-13(15)3/h5-6,11,14H,4,7-10H2,1-3H3,(H2,18,19,21). The molecule has 0 atom stereocenters. The minimum atomic E-state index is -0.272. The number of piperidine rings is 1. The summed E-state index contributed by atoms with van der Waals surface area (Å²) in [5.74, 6) is 0. The number of carbonyl (C=O) groups is 2. The van der Waals surface area contributed by atoms with Gasteiger partial charge in [0.25, 0.3) is 0 Å². The highest BCUT2D eigenvalue weighted by molar-refractivity contribution is 5.90. The number of hydrogen-bond donors (Lipinski definition) is 2. The maximum Gasteiger partial charge on any atom is 0.409 e. The van der Waals surface area contributed by atoms with Crippen LogP contribution in [0.3, 0.4) is 0 Å². The summed E-state index contributed by atoms with van der Waals surface area (Å²) < 4.78 is 4.99. The van der Waals surface area contributed by atoms with Gasteiger partial charge in [-0.3, -0.25) is 0 Å². The van der Waals surface area contributed by atoms with Crippen LogP contribution in [0.1, 0.15) is 30.9 Å². The van der Waals surface area contributed by atoms with E-state index in [1.165, 1.54) is 0 Å². The van der Waals surface area contributed by atoms with E-state index >= 15 is 0 Å². The zero-order valence-corrected chi connectivity index (χ0v) is 14.0. The van der Waals surface area contributed by atoms with E-state index in [4.69, 9.17) is 4.74 Å². The zero-order chi connectivity index (χ0) is 16.8. The van der Waals surface area contributed by atoms with Crippen molar-refractivity contribution in [2.24, 2.45) is 0 Å². The van der Waals surface area contributed by atoms with E-state index in [9.17, 15) is 9.59 Å². The van der Waals surface area contributed by atoms with Crippen molar-refractivity contribution in [2.75, 3.05) is 25.0 Å². The summed E-state index contributed by atoms with van der Waals surface area (Å²) in [5.41, 5.74) is 2.96. The average Bonchev–Trinajstić information content (AvgIpc) is 2.52. The number of carbonyl (C=O) groups excluding carboxylic acids is 2. The van der Waals surface area contributed by atoms with Crippen molar-refractivity contribution in [1.82, 2.24) is 10.2 Å². The molecule has 0 aliphatic carbocycles. The van der Waals surface area contributed by atoms with Crippen molar-refractivity contribution in [2.45, 2.75) is 39.7 Å². The van der Waals surface area contributed by atoms with Crippen LogP contribution in [0.15, 0.2) is 18.2 Å². The molecule has 1 aromatic carbocycles. The van der Waals surface area contributed by atoms with E-state index in [0.29, 0.717) is 19.7 Å². The fourth-order valence-electron chi connectivity index (χ4n) is 2.64. The highest BCUT2D eigenvalue weighted by Gasteiger charge is 2.24. The second-order valence-corrected chi connectivity index (χ2v) is 5.88. The Balaban J connectivity index is 1.81. The van der Waals surface area contributed by atoms with Gasteiger partial charge in [-0.1, -0.05) is 12.1 Å². The van der Waals surface area contributed by atoms with Gasteiger partial charge in [-0.25, -0.2) is 9.59 Å². The van der Waals surface area contributed by atoms with E-state index in [1.807, 2.05) is 32.0 Å². The van der Waals surface area contributed by atoms with Gasteiger partial charge in [0.1, 0.15) is 0 Å². The van der Waals surface area contributed by atoms with Gasteiger partial charge >= 0.3 is 12.1 Å². The Labute approximate surface area is 137 Å². The number of nitrogens with one attached hydrogen (secondary N) is 2. The van der Waals surface area contributed by atoms with Crippen LogP contribution < -0.4 is 10.6 Å². The minimum absolute atomic E-state index is 0.0748. The van der Waals surface area contributed by atoms with Gasteiger partial charge < -0.3 is 20.3 Å². The highest BCUT2D eigenvalue weighted by Crippen LogP contribution is 2.17. The van der Waals surface area contributed by atoms with Crippen LogP contribution in [0.5, 0.6) is 0 Å². The molecule has 6 heteroatoms. The molecule has 23 heavy (non-hydrogen) atoms. The largest absolute Gasteiger partial charge is 0.450 e. The number of rotatable bonds is 3. The number of aryl methyl sites for hydroxylation is 2. The summed E-state index contributed by atoms with van der Waals surface area (Å²) in [5, 5.41) is 5.87. The van der Waals surface area contributed by atoms with Crippen LogP contribution in [0, 0.1) is 13.8 Å². The number of amides is 3. The number of hydrogen-bond acceptors (Lipinski definition) is 3. The monoisotopic (exact) mass is 319 g/mol. The molecule has 6 nitrogen and oxygen atoms in total. The molecule has 0 unspecified atom stereocenters. The van der Waals surface area contributed by atoms with Crippen molar-refractivity contribution >= 4 is 17.8 Å². The quantitative estimate of drug-likeness (QED) is 0.899. The van der Waals surface area contributed by atoms with E-state index < -0.39 is 0 Å². The number of likely N-dealkylation sites (tertiary alicyclic amines) is 1. The van der Waals surface area contributed by atoms with Gasteiger partial charge in [0.05, 0.1) is 6.61 Å². The summed E-state index contributed by atoms with van der Waals surface area (Å²) in [7, 11) is 0. The van der Waals surface area contributed by atoms with E-state index in [1.54, 1.807) is 11.8 Å². The predicted molar refractivity (Wildman–Crippen MR) is 89.7 cm³/mol. The molecule has 1 saturated heterocycles. The van der Waals surface area contributed by atoms with Gasteiger partial charge in [-0.05, 0) is 50.8 Å². The Morgan fingerprint density at radius 1 is 1.26 bits per heavy atom. The maximum atomic E-state index is 12.1. The zero-order valence-electron chi connectivity index (χ0n) is 14.0. The summed E-state index contributed by atoms with van der Waals surface area (Å²) in [4.78, 5) is 25.5. The van der Waals surface area contributed by atoms with Crippen molar-refractivity contribution in [3.05, 3.63) is 29.3 Å². The van der Waals surface area contributed by atoms with Gasteiger partial charge in [0.2, 0.25) is 0 Å². The lowest BCUT2D eigenvalue weighted by molar-refractivity contribution is 0.0959. The third kappa shape index (κ3) is 4.87. The van der Waals surface area contributed by atoms with Crippen LogP contribution in [0.25, 0.3) is 0 Å². The Morgan fingerprint density at radius 2 is 1.96 bits per heavy atom. The first-order valence-corrected chi connectivity index (χ1v) is 8.06. The minimum Gasteiger partial charge on any atom is -0.450 e. The lowest BCUT2D eigenvalue weighted by Crippen LogP contribution is -2.47. The Hall–Kier alpha value is -2.24. The molecule has 2 N–H and O–H groups in total. The van der Waals surface area contributed by atoms with Crippen LogP contribution in [0.2, 0.25) is 0 Å². The number of urea groups is 1. The Kier molecular flexibility index (Phi) is 5.84. The summed E-state index contributed by atoms with van der Waals surface area (Å²) >= 11 is 0. The molecule has 3 amide bonds. The number of anilines is 1. The van der Waals surface area contributed by atoms with Crippen molar-refractivity contribution in [3.63, 3.8) is 0 Å². The van der Waals surface area contributed by atoms with Crippen LogP contribution in [-0.4, -0.2) is 42.8 Å². The third-order valence-electron chi connectivity index (χ3n) is 4.00. The molecule has 126 valence electrons. The SMILES string of the molecule is CCOC(=O)N1CCC(NC(=O)Nc2cc(C)ccc2C)CC1. The summed E-state index contributed by atoms with van der Waals surface area (Å²) in [6.45, 7) is 7.35. The fourth-order valence-corrected chi connectivity index (χ4v) is 2.64. The van der Waals surface area contributed by atoms with Gasteiger partial charge in [0, 0.05) is 24.8 Å². The highest BCUT2D eigenvalue weighted by atomic mass is 16.6. The molecule has 0 bridgehead atoms. The van der Waals surface area contributed by atoms with Crippen molar-refractivity contribution in [1.29, 1.82) is 0 Å². The van der Waals surface area contributed by atoms with Gasteiger partial charge in [-0.15, -0.1) is 0 Å². The second-order valence-electron chi connectivity index (χ2n) is 5.88. The number of ether oxygens (including phenoxy) is 1. The lowest BCUT2D eigenvalue weighted by atomic mass is 10.1. The van der Waals surface area contributed by atoms with Crippen LogP contribution in [0.4, 0.5) is 15.3 Å². The average molecular weight is 319 g/mol. The third-order valence-corrected chi connectivity index (χ3v) is 4.00. The van der Waals surface area contributed by atoms with Crippen molar-refractivity contribution in [3.8, 4) is 0 Å². The summed E-state index contributed by atoms with van der Waals surface area (Å²) in [6, 6.07) is 5.84. The second kappa shape index (κ2) is 7.85. The molecule has 1 fully saturated rings. The van der Waals surface area contributed by atoms with Crippen molar-refractivity contribution < 1.29 is 14.3 Å². The van der Waals surface area contributed by atoms with E-state index in [0.717, 1.165) is 29.7 Å². The molecule has 0 aromatic heterocycles. The molecule has 0 saturated carbocycles. The molecule has 1 aliphatic heterocycles. The molecule has 0 spiro atoms. The molecule has 2 rings (SSSR count). The first kappa shape index (κ1) is 17.1. The smallest absolute Gasteiger partial charge is 0.409 e. The maximum absolute atomic E-state index is 12.1. The van der Waals surface area contributed by atoms with Crippen LogP contribution >= 0.6 is 0 Å². The van der Waals surface area contributed by atoms with Crippen LogP contribution in [-0.2, 0) is 4.74 Å². The van der Waals surface area contributed by atoms with Gasteiger partial charge in [-0.2, -0.15) is 0 Å². The molecule has 1 aromatic rings. The Morgan fingerprint density at radius 3 is 2.61 bits per heavy atom. The molecular formula is C17H25N3O3.